The molecule has 0 spiro atoms. The molecule has 1 amide bonds. The lowest BCUT2D eigenvalue weighted by atomic mass is 9.90. The Labute approximate surface area is 164 Å². The van der Waals surface area contributed by atoms with Crippen LogP contribution in [0.5, 0.6) is 0 Å². The summed E-state index contributed by atoms with van der Waals surface area (Å²) >= 11 is 0. The van der Waals surface area contributed by atoms with Crippen LogP contribution >= 0.6 is 0 Å². The number of rotatable bonds is 4. The maximum absolute atomic E-state index is 12.0. The van der Waals surface area contributed by atoms with Crippen LogP contribution in [-0.4, -0.2) is 25.5 Å². The first-order valence-corrected chi connectivity index (χ1v) is 9.54. The van der Waals surface area contributed by atoms with Gasteiger partial charge in [0.05, 0.1) is 0 Å². The standard InChI is InChI=1S/C23H24N4O/c1-24-23(25-14-16-10-11-17-6-2-3-7-18(17)12-16)26-15-19-13-22(28)27-21-9-5-4-8-20(19)21/h2-12,19H,13-15H2,1H3,(H,27,28)(H2,24,25,26). The van der Waals surface area contributed by atoms with E-state index in [9.17, 15) is 4.79 Å². The van der Waals surface area contributed by atoms with Crippen LogP contribution < -0.4 is 16.0 Å². The van der Waals surface area contributed by atoms with Gasteiger partial charge in [-0.1, -0.05) is 54.6 Å². The second-order valence-electron chi connectivity index (χ2n) is 7.02. The van der Waals surface area contributed by atoms with Crippen molar-refractivity contribution in [2.24, 2.45) is 4.99 Å². The molecule has 142 valence electrons. The lowest BCUT2D eigenvalue weighted by molar-refractivity contribution is -0.116. The summed E-state index contributed by atoms with van der Waals surface area (Å²) in [5.74, 6) is 0.922. The third-order valence-electron chi connectivity index (χ3n) is 5.12. The molecule has 0 aromatic heterocycles. The highest BCUT2D eigenvalue weighted by molar-refractivity contribution is 5.94. The molecule has 0 bridgehead atoms. The summed E-state index contributed by atoms with van der Waals surface area (Å²) in [6, 6.07) is 22.8. The minimum absolute atomic E-state index is 0.0598. The van der Waals surface area contributed by atoms with E-state index in [-0.39, 0.29) is 11.8 Å². The molecule has 1 aliphatic heterocycles. The number of nitrogens with one attached hydrogen (secondary N) is 3. The van der Waals surface area contributed by atoms with Gasteiger partial charge in [-0.25, -0.2) is 0 Å². The van der Waals surface area contributed by atoms with E-state index < -0.39 is 0 Å². The molecule has 0 saturated heterocycles. The molecule has 3 aromatic carbocycles. The molecule has 0 radical (unpaired) electrons. The fourth-order valence-electron chi connectivity index (χ4n) is 3.66. The first kappa shape index (κ1) is 18.0. The molecule has 0 saturated carbocycles. The van der Waals surface area contributed by atoms with Crippen LogP contribution in [0.25, 0.3) is 10.8 Å². The normalized spacial score (nSPS) is 16.4. The van der Waals surface area contributed by atoms with E-state index in [0.717, 1.165) is 11.6 Å². The number of benzene rings is 3. The molecule has 3 N–H and O–H groups in total. The summed E-state index contributed by atoms with van der Waals surface area (Å²) in [7, 11) is 1.76. The molecule has 1 atom stereocenters. The number of fused-ring (bicyclic) bond motifs is 2. The van der Waals surface area contributed by atoms with Gasteiger partial charge >= 0.3 is 0 Å². The highest BCUT2D eigenvalue weighted by Gasteiger charge is 2.24. The molecule has 1 heterocycles. The molecule has 4 rings (SSSR count). The van der Waals surface area contributed by atoms with Crippen LogP contribution in [0.2, 0.25) is 0 Å². The molecule has 5 nitrogen and oxygen atoms in total. The predicted molar refractivity (Wildman–Crippen MR) is 115 cm³/mol. The minimum atomic E-state index is 0.0598. The third kappa shape index (κ3) is 3.98. The van der Waals surface area contributed by atoms with E-state index in [2.05, 4.69) is 69.5 Å². The Morgan fingerprint density at radius 3 is 2.68 bits per heavy atom. The molecule has 0 aliphatic carbocycles. The third-order valence-corrected chi connectivity index (χ3v) is 5.12. The van der Waals surface area contributed by atoms with Gasteiger partial charge in [0.15, 0.2) is 5.96 Å². The maximum Gasteiger partial charge on any atom is 0.225 e. The Morgan fingerprint density at radius 1 is 1.04 bits per heavy atom. The number of amides is 1. The Hall–Kier alpha value is -3.34. The fraction of sp³-hybridized carbons (Fsp3) is 0.217. The van der Waals surface area contributed by atoms with Crippen molar-refractivity contribution < 1.29 is 4.79 Å². The Kier molecular flexibility index (Phi) is 5.24. The van der Waals surface area contributed by atoms with Gasteiger partial charge in [0, 0.05) is 38.2 Å². The molecule has 5 heteroatoms. The summed E-state index contributed by atoms with van der Waals surface area (Å²) in [6.45, 7) is 1.34. The average molecular weight is 372 g/mol. The number of nitrogens with zero attached hydrogens (tertiary/aromatic N) is 1. The largest absolute Gasteiger partial charge is 0.356 e. The Bertz CT molecular complexity index is 1030. The van der Waals surface area contributed by atoms with Crippen LogP contribution in [0.3, 0.4) is 0 Å². The number of hydrogen-bond acceptors (Lipinski definition) is 2. The van der Waals surface area contributed by atoms with Gasteiger partial charge in [0.1, 0.15) is 0 Å². The van der Waals surface area contributed by atoms with E-state index in [1.807, 2.05) is 18.2 Å². The van der Waals surface area contributed by atoms with Gasteiger partial charge in [0.25, 0.3) is 0 Å². The number of carbonyl (C=O) groups is 1. The number of hydrogen-bond donors (Lipinski definition) is 3. The highest BCUT2D eigenvalue weighted by atomic mass is 16.1. The predicted octanol–water partition coefficient (Wildman–Crippen LogP) is 3.63. The molecular formula is C23H24N4O. The van der Waals surface area contributed by atoms with E-state index in [1.54, 1.807) is 7.05 Å². The zero-order valence-electron chi connectivity index (χ0n) is 15.9. The fourth-order valence-corrected chi connectivity index (χ4v) is 3.66. The number of aliphatic imine (C=N–C) groups is 1. The van der Waals surface area contributed by atoms with Gasteiger partial charge in [0.2, 0.25) is 5.91 Å². The SMILES string of the molecule is CN=C(NCc1ccc2ccccc2c1)NCC1CC(=O)Nc2ccccc21. The molecule has 1 aliphatic rings. The van der Waals surface area contributed by atoms with E-state index in [4.69, 9.17) is 0 Å². The van der Waals surface area contributed by atoms with Crippen molar-refractivity contribution in [2.75, 3.05) is 18.9 Å². The van der Waals surface area contributed by atoms with Crippen molar-refractivity contribution in [1.29, 1.82) is 0 Å². The molecular weight excluding hydrogens is 348 g/mol. The number of guanidine groups is 1. The topological polar surface area (TPSA) is 65.5 Å². The van der Waals surface area contributed by atoms with Crippen molar-refractivity contribution >= 4 is 28.3 Å². The number of carbonyl (C=O) groups excluding carboxylic acids is 1. The Morgan fingerprint density at radius 2 is 1.82 bits per heavy atom. The monoisotopic (exact) mass is 372 g/mol. The van der Waals surface area contributed by atoms with Crippen molar-refractivity contribution in [3.05, 3.63) is 77.9 Å². The Balaban J connectivity index is 1.38. The van der Waals surface area contributed by atoms with Crippen LogP contribution in [0.1, 0.15) is 23.5 Å². The first-order chi connectivity index (χ1) is 13.7. The summed E-state index contributed by atoms with van der Waals surface area (Å²) in [5.41, 5.74) is 3.27. The summed E-state index contributed by atoms with van der Waals surface area (Å²) < 4.78 is 0. The molecule has 3 aromatic rings. The smallest absolute Gasteiger partial charge is 0.225 e. The van der Waals surface area contributed by atoms with Crippen LogP contribution in [0.15, 0.2) is 71.7 Å². The summed E-state index contributed by atoms with van der Waals surface area (Å²) in [5, 5.41) is 12.1. The molecule has 28 heavy (non-hydrogen) atoms. The van der Waals surface area contributed by atoms with Crippen LogP contribution in [0, 0.1) is 0 Å². The second kappa shape index (κ2) is 8.13. The van der Waals surface area contributed by atoms with Gasteiger partial charge < -0.3 is 16.0 Å². The lowest BCUT2D eigenvalue weighted by Crippen LogP contribution is -2.40. The van der Waals surface area contributed by atoms with Gasteiger partial charge in [-0.15, -0.1) is 0 Å². The van der Waals surface area contributed by atoms with Crippen molar-refractivity contribution in [1.82, 2.24) is 10.6 Å². The minimum Gasteiger partial charge on any atom is -0.356 e. The quantitative estimate of drug-likeness (QED) is 0.484. The van der Waals surface area contributed by atoms with Crippen molar-refractivity contribution in [3.8, 4) is 0 Å². The zero-order valence-corrected chi connectivity index (χ0v) is 15.9. The lowest BCUT2D eigenvalue weighted by Gasteiger charge is -2.26. The maximum atomic E-state index is 12.0. The van der Waals surface area contributed by atoms with E-state index in [0.29, 0.717) is 19.5 Å². The van der Waals surface area contributed by atoms with E-state index in [1.165, 1.54) is 21.9 Å². The van der Waals surface area contributed by atoms with E-state index >= 15 is 0 Å². The van der Waals surface area contributed by atoms with Crippen LogP contribution in [-0.2, 0) is 11.3 Å². The molecule has 1 unspecified atom stereocenters. The van der Waals surface area contributed by atoms with Gasteiger partial charge in [-0.2, -0.15) is 0 Å². The highest BCUT2D eigenvalue weighted by Crippen LogP contribution is 2.31. The number of anilines is 1. The number of para-hydroxylation sites is 1. The average Bonchev–Trinajstić information content (AvgIpc) is 2.73. The van der Waals surface area contributed by atoms with Gasteiger partial charge in [-0.3, -0.25) is 9.79 Å². The van der Waals surface area contributed by atoms with Crippen LogP contribution in [0.4, 0.5) is 5.69 Å². The second-order valence-corrected chi connectivity index (χ2v) is 7.02. The summed E-state index contributed by atoms with van der Waals surface area (Å²) in [6.07, 6.45) is 0.478. The summed E-state index contributed by atoms with van der Waals surface area (Å²) in [4.78, 5) is 16.3. The van der Waals surface area contributed by atoms with Crippen molar-refractivity contribution in [3.63, 3.8) is 0 Å². The van der Waals surface area contributed by atoms with Gasteiger partial charge in [-0.05, 0) is 34.0 Å². The van der Waals surface area contributed by atoms with Crippen molar-refractivity contribution in [2.45, 2.75) is 18.9 Å². The first-order valence-electron chi connectivity index (χ1n) is 9.54. The molecule has 0 fully saturated rings. The zero-order chi connectivity index (χ0) is 19.3.